The molecule has 100 valence electrons. The van der Waals surface area contributed by atoms with Gasteiger partial charge in [-0.1, -0.05) is 17.7 Å². The maximum atomic E-state index is 6.06. The Labute approximate surface area is 115 Å². The maximum absolute atomic E-state index is 6.06. The molecule has 18 heavy (non-hydrogen) atoms. The summed E-state index contributed by atoms with van der Waals surface area (Å²) < 4.78 is 0. The van der Waals surface area contributed by atoms with Crippen LogP contribution in [0.2, 0.25) is 5.02 Å². The van der Waals surface area contributed by atoms with Crippen LogP contribution >= 0.6 is 11.6 Å². The van der Waals surface area contributed by atoms with Crippen molar-refractivity contribution in [3.05, 3.63) is 29.3 Å². The minimum Gasteiger partial charge on any atom is -0.370 e. The number of anilines is 1. The summed E-state index contributed by atoms with van der Waals surface area (Å²) in [6.45, 7) is 3.88. The fourth-order valence-electron chi connectivity index (χ4n) is 2.61. The van der Waals surface area contributed by atoms with E-state index in [-0.39, 0.29) is 0 Å². The molecule has 2 rings (SSSR count). The Morgan fingerprint density at radius 2 is 2.33 bits per heavy atom. The van der Waals surface area contributed by atoms with Crippen molar-refractivity contribution in [2.75, 3.05) is 38.1 Å². The predicted molar refractivity (Wildman–Crippen MR) is 78.4 cm³/mol. The van der Waals surface area contributed by atoms with Crippen molar-refractivity contribution in [1.82, 2.24) is 4.90 Å². The van der Waals surface area contributed by atoms with Crippen molar-refractivity contribution in [2.24, 2.45) is 5.73 Å². The first-order chi connectivity index (χ1) is 8.70. The number of benzene rings is 1. The van der Waals surface area contributed by atoms with E-state index in [0.717, 1.165) is 31.2 Å². The van der Waals surface area contributed by atoms with E-state index in [4.69, 9.17) is 17.3 Å². The first-order valence-corrected chi connectivity index (χ1v) is 6.99. The molecule has 1 aromatic rings. The van der Waals surface area contributed by atoms with Crippen LogP contribution in [-0.4, -0.2) is 44.2 Å². The second-order valence-electron chi connectivity index (χ2n) is 4.99. The van der Waals surface area contributed by atoms with E-state index < -0.39 is 0 Å². The number of piperidine rings is 1. The largest absolute Gasteiger partial charge is 0.370 e. The lowest BCUT2D eigenvalue weighted by molar-refractivity contribution is 0.221. The molecule has 1 heterocycles. The van der Waals surface area contributed by atoms with Gasteiger partial charge in [-0.2, -0.15) is 0 Å². The first kappa shape index (κ1) is 13.7. The van der Waals surface area contributed by atoms with Gasteiger partial charge in [0.1, 0.15) is 0 Å². The number of nitrogens with zero attached hydrogens (tertiary/aromatic N) is 2. The summed E-state index contributed by atoms with van der Waals surface area (Å²) in [6, 6.07) is 8.73. The van der Waals surface area contributed by atoms with Crippen LogP contribution in [0.15, 0.2) is 24.3 Å². The minimum atomic E-state index is 0.598. The third-order valence-corrected chi connectivity index (χ3v) is 3.91. The van der Waals surface area contributed by atoms with Gasteiger partial charge in [-0.15, -0.1) is 0 Å². The normalized spacial score (nSPS) is 20.4. The van der Waals surface area contributed by atoms with Crippen LogP contribution in [0.25, 0.3) is 0 Å². The Morgan fingerprint density at radius 3 is 3.06 bits per heavy atom. The molecular weight excluding hydrogens is 246 g/mol. The molecule has 1 aliphatic rings. The predicted octanol–water partition coefficient (Wildman–Crippen LogP) is 2.20. The molecule has 1 aliphatic heterocycles. The van der Waals surface area contributed by atoms with Crippen LogP contribution < -0.4 is 10.6 Å². The molecule has 2 N–H and O–H groups in total. The summed E-state index contributed by atoms with van der Waals surface area (Å²) in [7, 11) is 2.17. The van der Waals surface area contributed by atoms with Crippen molar-refractivity contribution in [3.63, 3.8) is 0 Å². The van der Waals surface area contributed by atoms with Gasteiger partial charge in [-0.3, -0.25) is 0 Å². The molecular formula is C14H22ClN3. The Balaban J connectivity index is 2.02. The van der Waals surface area contributed by atoms with Crippen LogP contribution in [-0.2, 0) is 0 Å². The van der Waals surface area contributed by atoms with Gasteiger partial charge in [0.15, 0.2) is 0 Å². The maximum Gasteiger partial charge on any atom is 0.0426 e. The Bertz CT molecular complexity index is 383. The zero-order valence-electron chi connectivity index (χ0n) is 11.0. The monoisotopic (exact) mass is 267 g/mol. The molecule has 1 aromatic carbocycles. The number of halogens is 1. The van der Waals surface area contributed by atoms with Crippen LogP contribution in [0.1, 0.15) is 12.8 Å². The van der Waals surface area contributed by atoms with Gasteiger partial charge < -0.3 is 15.5 Å². The second kappa shape index (κ2) is 6.41. The quantitative estimate of drug-likeness (QED) is 0.908. The van der Waals surface area contributed by atoms with Crippen molar-refractivity contribution in [3.8, 4) is 0 Å². The Hall–Kier alpha value is -0.770. The average molecular weight is 268 g/mol. The van der Waals surface area contributed by atoms with Crippen molar-refractivity contribution in [2.45, 2.75) is 18.9 Å². The second-order valence-corrected chi connectivity index (χ2v) is 5.43. The van der Waals surface area contributed by atoms with Gasteiger partial charge in [0.2, 0.25) is 0 Å². The summed E-state index contributed by atoms with van der Waals surface area (Å²) in [5.74, 6) is 0. The summed E-state index contributed by atoms with van der Waals surface area (Å²) >= 11 is 6.06. The molecule has 1 atom stereocenters. The van der Waals surface area contributed by atoms with Gasteiger partial charge in [-0.25, -0.2) is 0 Å². The third-order valence-electron chi connectivity index (χ3n) is 3.68. The zero-order valence-corrected chi connectivity index (χ0v) is 11.7. The lowest BCUT2D eigenvalue weighted by atomic mass is 10.0. The fourth-order valence-corrected chi connectivity index (χ4v) is 2.79. The highest BCUT2D eigenvalue weighted by Gasteiger charge is 2.22. The number of hydrogen-bond acceptors (Lipinski definition) is 3. The highest BCUT2D eigenvalue weighted by atomic mass is 35.5. The number of nitrogens with two attached hydrogens (primary N) is 1. The summed E-state index contributed by atoms with van der Waals surface area (Å²) in [5, 5.41) is 0.810. The van der Waals surface area contributed by atoms with E-state index in [1.54, 1.807) is 0 Å². The van der Waals surface area contributed by atoms with E-state index in [9.17, 15) is 0 Å². The molecule has 1 saturated heterocycles. The molecule has 0 amide bonds. The smallest absolute Gasteiger partial charge is 0.0426 e. The number of likely N-dealkylation sites (N-methyl/N-ethyl adjacent to an activating group) is 1. The zero-order chi connectivity index (χ0) is 13.0. The Kier molecular flexibility index (Phi) is 4.87. The first-order valence-electron chi connectivity index (χ1n) is 6.61. The topological polar surface area (TPSA) is 32.5 Å². The fraction of sp³-hybridized carbons (Fsp3) is 0.571. The van der Waals surface area contributed by atoms with Gasteiger partial charge in [-0.05, 0) is 38.1 Å². The van der Waals surface area contributed by atoms with Crippen LogP contribution in [0.4, 0.5) is 5.69 Å². The van der Waals surface area contributed by atoms with Gasteiger partial charge >= 0.3 is 0 Å². The highest BCUT2D eigenvalue weighted by molar-refractivity contribution is 6.30. The molecule has 1 fully saturated rings. The lowest BCUT2D eigenvalue weighted by Crippen LogP contribution is -2.47. The SMILES string of the molecule is CN(CCN)C1CCCN(c2cccc(Cl)c2)C1. The van der Waals surface area contributed by atoms with Crippen molar-refractivity contribution >= 4 is 17.3 Å². The van der Waals surface area contributed by atoms with Crippen molar-refractivity contribution in [1.29, 1.82) is 0 Å². The van der Waals surface area contributed by atoms with Gasteiger partial charge in [0, 0.05) is 42.9 Å². The molecule has 3 nitrogen and oxygen atoms in total. The summed E-state index contributed by atoms with van der Waals surface area (Å²) in [5.41, 5.74) is 6.86. The number of hydrogen-bond donors (Lipinski definition) is 1. The molecule has 0 aromatic heterocycles. The van der Waals surface area contributed by atoms with Crippen LogP contribution in [0, 0.1) is 0 Å². The van der Waals surface area contributed by atoms with E-state index in [0.29, 0.717) is 6.04 Å². The van der Waals surface area contributed by atoms with E-state index >= 15 is 0 Å². The molecule has 0 bridgehead atoms. The van der Waals surface area contributed by atoms with E-state index in [2.05, 4.69) is 22.9 Å². The van der Waals surface area contributed by atoms with Crippen LogP contribution in [0.5, 0.6) is 0 Å². The van der Waals surface area contributed by atoms with E-state index in [1.807, 2.05) is 18.2 Å². The Morgan fingerprint density at radius 1 is 1.50 bits per heavy atom. The highest BCUT2D eigenvalue weighted by Crippen LogP contribution is 2.24. The molecule has 0 saturated carbocycles. The third kappa shape index (κ3) is 3.37. The molecule has 4 heteroatoms. The molecule has 0 radical (unpaired) electrons. The average Bonchev–Trinajstić information content (AvgIpc) is 2.39. The lowest BCUT2D eigenvalue weighted by Gasteiger charge is -2.38. The van der Waals surface area contributed by atoms with Crippen molar-refractivity contribution < 1.29 is 0 Å². The summed E-state index contributed by atoms with van der Waals surface area (Å²) in [4.78, 5) is 4.80. The molecule has 1 unspecified atom stereocenters. The standard InChI is InChI=1S/C14H22ClN3/c1-17(9-7-16)14-6-3-8-18(11-14)13-5-2-4-12(15)10-13/h2,4-5,10,14H,3,6-9,11,16H2,1H3. The number of rotatable bonds is 4. The van der Waals surface area contributed by atoms with Gasteiger partial charge in [0.05, 0.1) is 0 Å². The minimum absolute atomic E-state index is 0.598. The molecule has 0 spiro atoms. The van der Waals surface area contributed by atoms with Crippen LogP contribution in [0.3, 0.4) is 0 Å². The summed E-state index contributed by atoms with van der Waals surface area (Å²) in [6.07, 6.45) is 2.49. The van der Waals surface area contributed by atoms with E-state index in [1.165, 1.54) is 18.5 Å². The molecule has 0 aliphatic carbocycles. The van der Waals surface area contributed by atoms with Gasteiger partial charge in [0.25, 0.3) is 0 Å².